The van der Waals surface area contributed by atoms with Gasteiger partial charge in [-0.3, -0.25) is 0 Å². The van der Waals surface area contributed by atoms with Gasteiger partial charge in [0.15, 0.2) is 11.5 Å². The summed E-state index contributed by atoms with van der Waals surface area (Å²) in [4.78, 5) is 1.29. The second-order valence-corrected chi connectivity index (χ2v) is 5.54. The number of phenols is 2. The summed E-state index contributed by atoms with van der Waals surface area (Å²) in [6, 6.07) is 7.57. The fraction of sp³-hybridized carbons (Fsp3) is 0.286. The standard InChI is InChI=1S/C14H15NO2S.BrH/c16-12-6-9-3-4-15-8-11(10(9)7-13(12)17)14-2-1-5-18-14;/h1-2,5-7,11,15-17H,3-4,8H2;1H. The quantitative estimate of drug-likeness (QED) is 0.699. The first-order valence-electron chi connectivity index (χ1n) is 6.04. The second kappa shape index (κ2) is 5.94. The number of fused-ring (bicyclic) bond motifs is 1. The summed E-state index contributed by atoms with van der Waals surface area (Å²) >= 11 is 1.73. The van der Waals surface area contributed by atoms with Gasteiger partial charge in [0.25, 0.3) is 0 Å². The Labute approximate surface area is 126 Å². The van der Waals surface area contributed by atoms with E-state index >= 15 is 0 Å². The number of phenolic OH excluding ortho intramolecular Hbond substituents is 2. The molecular weight excluding hydrogens is 326 g/mol. The molecule has 1 aliphatic heterocycles. The molecule has 2 aromatic rings. The topological polar surface area (TPSA) is 52.5 Å². The van der Waals surface area contributed by atoms with Gasteiger partial charge in [-0.25, -0.2) is 0 Å². The molecule has 1 aromatic carbocycles. The highest BCUT2D eigenvalue weighted by Gasteiger charge is 2.22. The van der Waals surface area contributed by atoms with Crippen LogP contribution in [0.3, 0.4) is 0 Å². The van der Waals surface area contributed by atoms with Crippen LogP contribution < -0.4 is 5.32 Å². The third-order valence-corrected chi connectivity index (χ3v) is 4.40. The summed E-state index contributed by atoms with van der Waals surface area (Å²) in [5, 5.41) is 24.8. The highest BCUT2D eigenvalue weighted by Crippen LogP contribution is 2.37. The second-order valence-electron chi connectivity index (χ2n) is 4.56. The van der Waals surface area contributed by atoms with Crippen molar-refractivity contribution in [2.75, 3.05) is 13.1 Å². The number of nitrogens with one attached hydrogen (secondary N) is 1. The van der Waals surface area contributed by atoms with Gasteiger partial charge in [0.1, 0.15) is 0 Å². The summed E-state index contributed by atoms with van der Waals surface area (Å²) in [6.45, 7) is 1.77. The van der Waals surface area contributed by atoms with Crippen molar-refractivity contribution in [2.45, 2.75) is 12.3 Å². The summed E-state index contributed by atoms with van der Waals surface area (Å²) < 4.78 is 0. The molecule has 1 aliphatic rings. The van der Waals surface area contributed by atoms with Crippen LogP contribution in [0.15, 0.2) is 29.6 Å². The number of hydrogen-bond donors (Lipinski definition) is 3. The van der Waals surface area contributed by atoms with Crippen LogP contribution in [-0.2, 0) is 6.42 Å². The lowest BCUT2D eigenvalue weighted by molar-refractivity contribution is 0.402. The first kappa shape index (κ1) is 14.4. The van der Waals surface area contributed by atoms with Crippen LogP contribution in [0.1, 0.15) is 21.9 Å². The zero-order valence-electron chi connectivity index (χ0n) is 10.3. The molecule has 1 atom stereocenters. The fourth-order valence-electron chi connectivity index (χ4n) is 2.50. The van der Waals surface area contributed by atoms with Crippen LogP contribution in [0.4, 0.5) is 0 Å². The minimum absolute atomic E-state index is 0. The molecule has 0 saturated carbocycles. The molecular formula is C14H16BrNO2S. The Kier molecular flexibility index (Phi) is 4.50. The van der Waals surface area contributed by atoms with Gasteiger partial charge in [-0.15, -0.1) is 28.3 Å². The SMILES string of the molecule is Br.Oc1cc2c(cc1O)C(c1cccs1)CNCC2. The van der Waals surface area contributed by atoms with Crippen LogP contribution in [0, 0.1) is 0 Å². The van der Waals surface area contributed by atoms with Crippen LogP contribution in [0.25, 0.3) is 0 Å². The van der Waals surface area contributed by atoms with E-state index in [4.69, 9.17) is 0 Å². The number of thiophene rings is 1. The van der Waals surface area contributed by atoms with E-state index in [0.717, 1.165) is 30.6 Å². The van der Waals surface area contributed by atoms with Crippen molar-refractivity contribution in [3.63, 3.8) is 0 Å². The van der Waals surface area contributed by atoms with Gasteiger partial charge in [-0.05, 0) is 47.7 Å². The lowest BCUT2D eigenvalue weighted by Gasteiger charge is -2.17. The number of halogens is 1. The summed E-state index contributed by atoms with van der Waals surface area (Å²) in [6.07, 6.45) is 0.880. The van der Waals surface area contributed by atoms with Gasteiger partial charge >= 0.3 is 0 Å². The molecule has 3 rings (SSSR count). The van der Waals surface area contributed by atoms with Crippen molar-refractivity contribution in [3.05, 3.63) is 45.6 Å². The van der Waals surface area contributed by atoms with Crippen molar-refractivity contribution in [1.29, 1.82) is 0 Å². The van der Waals surface area contributed by atoms with Gasteiger partial charge in [0.05, 0.1) is 0 Å². The van der Waals surface area contributed by atoms with Crippen molar-refractivity contribution >= 4 is 28.3 Å². The van der Waals surface area contributed by atoms with E-state index in [1.165, 1.54) is 4.88 Å². The minimum Gasteiger partial charge on any atom is -0.504 e. The van der Waals surface area contributed by atoms with Crippen LogP contribution in [-0.4, -0.2) is 23.3 Å². The summed E-state index contributed by atoms with van der Waals surface area (Å²) in [5.41, 5.74) is 2.24. The van der Waals surface area contributed by atoms with Crippen molar-refractivity contribution in [1.82, 2.24) is 5.32 Å². The van der Waals surface area contributed by atoms with Crippen molar-refractivity contribution < 1.29 is 10.2 Å². The molecule has 0 radical (unpaired) electrons. The molecule has 1 unspecified atom stereocenters. The van der Waals surface area contributed by atoms with Crippen LogP contribution >= 0.6 is 28.3 Å². The van der Waals surface area contributed by atoms with Crippen molar-refractivity contribution in [3.8, 4) is 11.5 Å². The Morgan fingerprint density at radius 1 is 1.21 bits per heavy atom. The predicted molar refractivity (Wildman–Crippen MR) is 82.8 cm³/mol. The van der Waals surface area contributed by atoms with E-state index in [-0.39, 0.29) is 34.4 Å². The van der Waals surface area contributed by atoms with Gasteiger partial charge in [-0.1, -0.05) is 6.07 Å². The largest absolute Gasteiger partial charge is 0.504 e. The Balaban J connectivity index is 0.00000133. The predicted octanol–water partition coefficient (Wildman–Crippen LogP) is 3.01. The Morgan fingerprint density at radius 2 is 2.00 bits per heavy atom. The first-order chi connectivity index (χ1) is 8.75. The lowest BCUT2D eigenvalue weighted by atomic mass is 9.92. The molecule has 2 heterocycles. The molecule has 3 N–H and O–H groups in total. The van der Waals surface area contributed by atoms with Gasteiger partial charge in [0.2, 0.25) is 0 Å². The van der Waals surface area contributed by atoms with E-state index < -0.39 is 0 Å². The smallest absolute Gasteiger partial charge is 0.157 e. The number of aromatic hydroxyl groups is 2. The van der Waals surface area contributed by atoms with E-state index in [9.17, 15) is 10.2 Å². The third kappa shape index (κ3) is 2.78. The maximum Gasteiger partial charge on any atom is 0.157 e. The Bertz CT molecular complexity index is 557. The number of hydrogen-bond acceptors (Lipinski definition) is 4. The van der Waals surface area contributed by atoms with Crippen LogP contribution in [0.2, 0.25) is 0 Å². The zero-order chi connectivity index (χ0) is 12.5. The van der Waals surface area contributed by atoms with Crippen molar-refractivity contribution in [2.24, 2.45) is 0 Å². The van der Waals surface area contributed by atoms with E-state index in [1.807, 2.05) is 6.07 Å². The molecule has 0 saturated heterocycles. The molecule has 0 spiro atoms. The molecule has 3 nitrogen and oxygen atoms in total. The average Bonchev–Trinajstić information content (AvgIpc) is 2.80. The van der Waals surface area contributed by atoms with E-state index in [2.05, 4.69) is 16.8 Å². The summed E-state index contributed by atoms with van der Waals surface area (Å²) in [7, 11) is 0. The molecule has 102 valence electrons. The lowest BCUT2D eigenvalue weighted by Crippen LogP contribution is -2.20. The highest BCUT2D eigenvalue weighted by molar-refractivity contribution is 8.93. The van der Waals surface area contributed by atoms with Gasteiger partial charge < -0.3 is 15.5 Å². The fourth-order valence-corrected chi connectivity index (χ4v) is 3.35. The zero-order valence-corrected chi connectivity index (χ0v) is 12.8. The average molecular weight is 342 g/mol. The van der Waals surface area contributed by atoms with E-state index in [0.29, 0.717) is 0 Å². The third-order valence-electron chi connectivity index (χ3n) is 3.42. The van der Waals surface area contributed by atoms with Gasteiger partial charge in [0, 0.05) is 17.3 Å². The van der Waals surface area contributed by atoms with E-state index in [1.54, 1.807) is 23.5 Å². The molecule has 5 heteroatoms. The minimum atomic E-state index is -0.0304. The Hall–Kier alpha value is -1.04. The Morgan fingerprint density at radius 3 is 2.74 bits per heavy atom. The maximum atomic E-state index is 9.72. The molecule has 0 fully saturated rings. The molecule has 1 aromatic heterocycles. The highest BCUT2D eigenvalue weighted by atomic mass is 79.9. The normalized spacial score (nSPS) is 18.2. The number of benzene rings is 1. The van der Waals surface area contributed by atoms with Crippen LogP contribution in [0.5, 0.6) is 11.5 Å². The van der Waals surface area contributed by atoms with Gasteiger partial charge in [-0.2, -0.15) is 0 Å². The summed E-state index contributed by atoms with van der Waals surface area (Å²) in [5.74, 6) is 0.201. The number of rotatable bonds is 1. The molecule has 0 bridgehead atoms. The first-order valence-corrected chi connectivity index (χ1v) is 6.92. The molecule has 0 aliphatic carbocycles. The monoisotopic (exact) mass is 341 g/mol. The maximum absolute atomic E-state index is 9.72. The molecule has 19 heavy (non-hydrogen) atoms. The molecule has 0 amide bonds.